The van der Waals surface area contributed by atoms with Crippen molar-refractivity contribution in [2.75, 3.05) is 13.7 Å². The molecule has 0 aromatic heterocycles. The molecule has 2 aliphatic heterocycles. The second-order valence-corrected chi connectivity index (χ2v) is 8.03. The van der Waals surface area contributed by atoms with Crippen LogP contribution in [-0.4, -0.2) is 65.5 Å². The third kappa shape index (κ3) is 4.63. The highest BCUT2D eigenvalue weighted by atomic mass is 16.7. The number of Topliss-reactive ketones (excluding diaryl/α,β-unsaturated/α-hetero) is 1. The fourth-order valence-electron chi connectivity index (χ4n) is 3.98. The predicted octanol–water partition coefficient (Wildman–Crippen LogP) is 2.01. The number of rotatable bonds is 6. The van der Waals surface area contributed by atoms with E-state index in [9.17, 15) is 20.1 Å². The van der Waals surface area contributed by atoms with Crippen molar-refractivity contribution in [3.05, 3.63) is 47.5 Å². The smallest absolute Gasteiger partial charge is 0.229 e. The Morgan fingerprint density at radius 3 is 2.42 bits per heavy atom. The van der Waals surface area contributed by atoms with Gasteiger partial charge in [0.25, 0.3) is 0 Å². The van der Waals surface area contributed by atoms with Crippen molar-refractivity contribution in [1.82, 2.24) is 0 Å². The summed E-state index contributed by atoms with van der Waals surface area (Å²) in [5, 5.41) is 30.3. The molecule has 0 bridgehead atoms. The molecular formula is C24H28O9. The minimum absolute atomic E-state index is 0.0789. The van der Waals surface area contributed by atoms with E-state index in [0.29, 0.717) is 12.4 Å². The number of hydrogen-bond donors (Lipinski definition) is 3. The zero-order chi connectivity index (χ0) is 23.7. The number of ketones is 1. The number of carbonyl (C=O) groups excluding carboxylic acids is 1. The molecular weight excluding hydrogens is 432 g/mol. The van der Waals surface area contributed by atoms with Gasteiger partial charge in [0.05, 0.1) is 26.2 Å². The van der Waals surface area contributed by atoms with Crippen molar-refractivity contribution in [3.63, 3.8) is 0 Å². The average molecular weight is 460 g/mol. The second kappa shape index (κ2) is 9.56. The number of fused-ring (bicyclic) bond motifs is 1. The number of methoxy groups -OCH3 is 1. The molecule has 1 saturated heterocycles. The van der Waals surface area contributed by atoms with E-state index >= 15 is 0 Å². The Morgan fingerprint density at radius 1 is 1.03 bits per heavy atom. The standard InChI is InChI=1S/C24H28O9/c1-4-30-14-7-5-13(6-8-14)17-11-16(25)20-18(32-17)9-15(29-3)10-19(20)33-24-23(28)22(27)21(26)12(2)31-24/h5-10,12,17,21-24,26-28H,4,11H2,1-3H3. The maximum Gasteiger partial charge on any atom is 0.229 e. The Kier molecular flexibility index (Phi) is 6.76. The maximum atomic E-state index is 13.1. The van der Waals surface area contributed by atoms with E-state index < -0.39 is 36.8 Å². The lowest BCUT2D eigenvalue weighted by Crippen LogP contribution is -2.58. The molecule has 6 unspecified atom stereocenters. The molecule has 33 heavy (non-hydrogen) atoms. The van der Waals surface area contributed by atoms with Crippen molar-refractivity contribution < 1.29 is 43.8 Å². The monoisotopic (exact) mass is 460 g/mol. The molecule has 9 nitrogen and oxygen atoms in total. The fourth-order valence-corrected chi connectivity index (χ4v) is 3.98. The molecule has 0 saturated carbocycles. The summed E-state index contributed by atoms with van der Waals surface area (Å²) >= 11 is 0. The van der Waals surface area contributed by atoms with Gasteiger partial charge in [0.15, 0.2) is 5.78 Å². The first-order valence-electron chi connectivity index (χ1n) is 10.8. The van der Waals surface area contributed by atoms with Crippen LogP contribution in [0.4, 0.5) is 0 Å². The van der Waals surface area contributed by atoms with Gasteiger partial charge in [0.2, 0.25) is 6.29 Å². The van der Waals surface area contributed by atoms with Crippen LogP contribution < -0.4 is 18.9 Å². The van der Waals surface area contributed by atoms with Gasteiger partial charge in [0, 0.05) is 12.1 Å². The van der Waals surface area contributed by atoms with Crippen LogP contribution in [0.5, 0.6) is 23.0 Å². The SMILES string of the molecule is CCOc1ccc(C2CC(=O)c3c(cc(OC)cc3OC3OC(C)C(O)C(O)C3O)O2)cc1. The van der Waals surface area contributed by atoms with E-state index in [1.165, 1.54) is 13.2 Å². The van der Waals surface area contributed by atoms with Crippen LogP contribution in [-0.2, 0) is 4.74 Å². The summed E-state index contributed by atoms with van der Waals surface area (Å²) in [5.41, 5.74) is 1.02. The minimum atomic E-state index is -1.52. The topological polar surface area (TPSA) is 124 Å². The van der Waals surface area contributed by atoms with Gasteiger partial charge in [-0.2, -0.15) is 0 Å². The van der Waals surface area contributed by atoms with Gasteiger partial charge in [-0.1, -0.05) is 12.1 Å². The van der Waals surface area contributed by atoms with Crippen LogP contribution in [0.15, 0.2) is 36.4 Å². The highest BCUT2D eigenvalue weighted by molar-refractivity contribution is 6.02. The molecule has 1 fully saturated rings. The summed E-state index contributed by atoms with van der Waals surface area (Å²) < 4.78 is 28.3. The van der Waals surface area contributed by atoms with Gasteiger partial charge in [-0.05, 0) is 31.5 Å². The molecule has 2 aromatic rings. The molecule has 2 heterocycles. The zero-order valence-electron chi connectivity index (χ0n) is 18.6. The van der Waals surface area contributed by atoms with Crippen molar-refractivity contribution >= 4 is 5.78 Å². The Hall–Kier alpha value is -2.85. The zero-order valence-corrected chi connectivity index (χ0v) is 18.6. The van der Waals surface area contributed by atoms with E-state index in [2.05, 4.69) is 0 Å². The van der Waals surface area contributed by atoms with E-state index in [4.69, 9.17) is 23.7 Å². The molecule has 2 aliphatic rings. The molecule has 6 atom stereocenters. The molecule has 0 aliphatic carbocycles. The minimum Gasteiger partial charge on any atom is -0.496 e. The second-order valence-electron chi connectivity index (χ2n) is 8.03. The summed E-state index contributed by atoms with van der Waals surface area (Å²) in [6.45, 7) is 4.01. The van der Waals surface area contributed by atoms with Gasteiger partial charge < -0.3 is 39.0 Å². The lowest BCUT2D eigenvalue weighted by Gasteiger charge is -2.39. The van der Waals surface area contributed by atoms with Crippen molar-refractivity contribution in [2.24, 2.45) is 0 Å². The molecule has 0 spiro atoms. The molecule has 3 N–H and O–H groups in total. The number of carbonyl (C=O) groups is 1. The first-order valence-corrected chi connectivity index (χ1v) is 10.8. The first-order chi connectivity index (χ1) is 15.8. The van der Waals surface area contributed by atoms with Crippen LogP contribution >= 0.6 is 0 Å². The molecule has 9 heteroatoms. The number of benzene rings is 2. The lowest BCUT2D eigenvalue weighted by atomic mass is 9.95. The molecule has 2 aromatic carbocycles. The van der Waals surface area contributed by atoms with Crippen molar-refractivity contribution in [3.8, 4) is 23.0 Å². The van der Waals surface area contributed by atoms with Gasteiger partial charge >= 0.3 is 0 Å². The highest BCUT2D eigenvalue weighted by Crippen LogP contribution is 2.43. The average Bonchev–Trinajstić information content (AvgIpc) is 2.81. The molecule has 4 rings (SSSR count). The Labute approximate surface area is 191 Å². The summed E-state index contributed by atoms with van der Waals surface area (Å²) in [7, 11) is 1.47. The van der Waals surface area contributed by atoms with Crippen LogP contribution in [0.3, 0.4) is 0 Å². The normalized spacial score (nSPS) is 29.1. The van der Waals surface area contributed by atoms with Crippen molar-refractivity contribution in [2.45, 2.75) is 57.1 Å². The largest absolute Gasteiger partial charge is 0.496 e. The fraction of sp³-hybridized carbons (Fsp3) is 0.458. The highest BCUT2D eigenvalue weighted by Gasteiger charge is 2.44. The van der Waals surface area contributed by atoms with Gasteiger partial charge in [-0.15, -0.1) is 0 Å². The van der Waals surface area contributed by atoms with Crippen molar-refractivity contribution in [1.29, 1.82) is 0 Å². The van der Waals surface area contributed by atoms with Gasteiger partial charge in [-0.25, -0.2) is 0 Å². The number of aliphatic hydroxyl groups is 3. The third-order valence-corrected chi connectivity index (χ3v) is 5.81. The quantitative estimate of drug-likeness (QED) is 0.594. The number of aliphatic hydroxyl groups excluding tert-OH is 3. The molecule has 0 amide bonds. The van der Waals surface area contributed by atoms with Crippen LogP contribution in [0, 0.1) is 0 Å². The maximum absolute atomic E-state index is 13.1. The summed E-state index contributed by atoms with van der Waals surface area (Å²) in [6, 6.07) is 10.4. The lowest BCUT2D eigenvalue weighted by molar-refractivity contribution is -0.268. The van der Waals surface area contributed by atoms with Gasteiger partial charge in [-0.3, -0.25) is 4.79 Å². The van der Waals surface area contributed by atoms with E-state index in [-0.39, 0.29) is 29.3 Å². The first kappa shape index (κ1) is 23.3. The van der Waals surface area contributed by atoms with Gasteiger partial charge in [0.1, 0.15) is 53.0 Å². The third-order valence-electron chi connectivity index (χ3n) is 5.81. The van der Waals surface area contributed by atoms with E-state index in [1.807, 2.05) is 31.2 Å². The van der Waals surface area contributed by atoms with E-state index in [1.54, 1.807) is 13.0 Å². The Balaban J connectivity index is 1.62. The van der Waals surface area contributed by atoms with Crippen LogP contribution in [0.2, 0.25) is 0 Å². The number of hydrogen-bond acceptors (Lipinski definition) is 9. The van der Waals surface area contributed by atoms with Crippen LogP contribution in [0.1, 0.15) is 42.3 Å². The van der Waals surface area contributed by atoms with Crippen LogP contribution in [0.25, 0.3) is 0 Å². The van der Waals surface area contributed by atoms with E-state index in [0.717, 1.165) is 11.3 Å². The molecule has 0 radical (unpaired) electrons. The summed E-state index contributed by atoms with van der Waals surface area (Å²) in [4.78, 5) is 13.1. The Bertz CT molecular complexity index is 990. The Morgan fingerprint density at radius 2 is 1.76 bits per heavy atom. The number of ether oxygens (including phenoxy) is 5. The summed E-state index contributed by atoms with van der Waals surface area (Å²) in [6.07, 6.45) is -6.76. The predicted molar refractivity (Wildman–Crippen MR) is 116 cm³/mol. The summed E-state index contributed by atoms with van der Waals surface area (Å²) in [5.74, 6) is 1.26. The molecule has 178 valence electrons.